The summed E-state index contributed by atoms with van der Waals surface area (Å²) in [6, 6.07) is 20.4. The predicted molar refractivity (Wildman–Crippen MR) is 142 cm³/mol. The van der Waals surface area contributed by atoms with Crippen LogP contribution in [-0.2, 0) is 16.1 Å². The molecule has 178 valence electrons. The van der Waals surface area contributed by atoms with Gasteiger partial charge in [-0.3, -0.25) is 19.3 Å². The van der Waals surface area contributed by atoms with Gasteiger partial charge in [0, 0.05) is 10.2 Å². The van der Waals surface area contributed by atoms with Crippen molar-refractivity contribution in [2.45, 2.75) is 20.4 Å². The van der Waals surface area contributed by atoms with Crippen LogP contribution in [0.1, 0.15) is 22.3 Å². The maximum absolute atomic E-state index is 12.8. The molecule has 35 heavy (non-hydrogen) atoms. The van der Waals surface area contributed by atoms with Gasteiger partial charge in [-0.15, -0.1) is 0 Å². The average molecular weight is 551 g/mol. The van der Waals surface area contributed by atoms with Crippen LogP contribution in [0.4, 0.5) is 10.5 Å². The molecule has 1 saturated heterocycles. The minimum atomic E-state index is -0.314. The Hall–Kier alpha value is -3.36. The Balaban J connectivity index is 1.34. The Kier molecular flexibility index (Phi) is 7.73. The van der Waals surface area contributed by atoms with Gasteiger partial charge in [0.15, 0.2) is 6.61 Å². The van der Waals surface area contributed by atoms with E-state index in [1.807, 2.05) is 56.3 Å². The second-order valence-corrected chi connectivity index (χ2v) is 10.0. The lowest BCUT2D eigenvalue weighted by atomic mass is 10.1. The normalized spacial score (nSPS) is 14.5. The molecule has 0 unspecified atom stereocenters. The summed E-state index contributed by atoms with van der Waals surface area (Å²) in [6.45, 7) is 4.01. The molecule has 1 N–H and O–H groups in total. The third kappa shape index (κ3) is 6.41. The molecule has 0 aromatic heterocycles. The number of carbonyl (C=O) groups excluding carboxylic acids is 3. The van der Waals surface area contributed by atoms with Gasteiger partial charge in [0.2, 0.25) is 0 Å². The van der Waals surface area contributed by atoms with Crippen molar-refractivity contribution in [3.8, 4) is 5.75 Å². The lowest BCUT2D eigenvalue weighted by Crippen LogP contribution is -2.27. The average Bonchev–Trinajstić information content (AvgIpc) is 3.09. The van der Waals surface area contributed by atoms with Crippen LogP contribution in [0, 0.1) is 13.8 Å². The summed E-state index contributed by atoms with van der Waals surface area (Å²) in [6.07, 6.45) is 1.68. The highest BCUT2D eigenvalue weighted by Crippen LogP contribution is 2.33. The SMILES string of the molecule is Cc1ccc(C)c(NC(=O)COc2ccc(/C=C3\SC(=O)N(Cc4ccc(Br)cc4)C3=O)cc2)c1. The number of rotatable bonds is 7. The van der Waals surface area contributed by atoms with E-state index in [2.05, 4.69) is 21.2 Å². The first-order valence-corrected chi connectivity index (χ1v) is 12.5. The number of imide groups is 1. The third-order valence-corrected chi connectivity index (χ3v) is 6.78. The van der Waals surface area contributed by atoms with Crippen molar-refractivity contribution < 1.29 is 19.1 Å². The molecular formula is C27H23BrN2O4S. The van der Waals surface area contributed by atoms with Crippen molar-refractivity contribution in [2.24, 2.45) is 0 Å². The lowest BCUT2D eigenvalue weighted by molar-refractivity contribution is -0.123. The molecule has 3 aromatic carbocycles. The van der Waals surface area contributed by atoms with Gasteiger partial charge in [0.25, 0.3) is 17.1 Å². The summed E-state index contributed by atoms with van der Waals surface area (Å²) in [5.74, 6) is -0.0322. The highest BCUT2D eigenvalue weighted by molar-refractivity contribution is 9.10. The zero-order chi connectivity index (χ0) is 24.9. The van der Waals surface area contributed by atoms with E-state index in [0.717, 1.165) is 44.2 Å². The topological polar surface area (TPSA) is 75.7 Å². The fraction of sp³-hybridized carbons (Fsp3) is 0.148. The minimum absolute atomic E-state index is 0.123. The maximum Gasteiger partial charge on any atom is 0.293 e. The van der Waals surface area contributed by atoms with E-state index in [9.17, 15) is 14.4 Å². The van der Waals surface area contributed by atoms with Gasteiger partial charge >= 0.3 is 0 Å². The molecule has 3 amide bonds. The van der Waals surface area contributed by atoms with Gasteiger partial charge in [-0.05, 0) is 84.3 Å². The third-order valence-electron chi connectivity index (χ3n) is 5.34. The van der Waals surface area contributed by atoms with Gasteiger partial charge in [-0.25, -0.2) is 0 Å². The van der Waals surface area contributed by atoms with Crippen LogP contribution < -0.4 is 10.1 Å². The Morgan fingerprint density at radius 2 is 1.74 bits per heavy atom. The van der Waals surface area contributed by atoms with E-state index in [1.54, 1.807) is 30.3 Å². The van der Waals surface area contributed by atoms with Gasteiger partial charge in [0.1, 0.15) is 5.75 Å². The molecular weight excluding hydrogens is 528 g/mol. The zero-order valence-electron chi connectivity index (χ0n) is 19.2. The number of nitrogens with zero attached hydrogens (tertiary/aromatic N) is 1. The molecule has 1 aliphatic heterocycles. The van der Waals surface area contributed by atoms with E-state index in [-0.39, 0.29) is 30.2 Å². The van der Waals surface area contributed by atoms with Gasteiger partial charge in [0.05, 0.1) is 11.4 Å². The highest BCUT2D eigenvalue weighted by atomic mass is 79.9. The molecule has 4 rings (SSSR count). The first kappa shape index (κ1) is 24.8. The van der Waals surface area contributed by atoms with E-state index in [4.69, 9.17) is 4.74 Å². The molecule has 8 heteroatoms. The van der Waals surface area contributed by atoms with Crippen molar-refractivity contribution in [1.29, 1.82) is 0 Å². The predicted octanol–water partition coefficient (Wildman–Crippen LogP) is 6.32. The number of halogens is 1. The van der Waals surface area contributed by atoms with E-state index >= 15 is 0 Å². The zero-order valence-corrected chi connectivity index (χ0v) is 21.6. The Morgan fingerprint density at radius 3 is 2.46 bits per heavy atom. The lowest BCUT2D eigenvalue weighted by Gasteiger charge is -2.12. The summed E-state index contributed by atoms with van der Waals surface area (Å²) in [5.41, 5.74) is 4.44. The van der Waals surface area contributed by atoms with Crippen LogP contribution in [0.25, 0.3) is 6.08 Å². The maximum atomic E-state index is 12.8. The second-order valence-electron chi connectivity index (χ2n) is 8.12. The minimum Gasteiger partial charge on any atom is -0.484 e. The molecule has 0 spiro atoms. The fourth-order valence-corrected chi connectivity index (χ4v) is 4.53. The number of aryl methyl sites for hydroxylation is 2. The molecule has 1 aliphatic rings. The molecule has 0 saturated carbocycles. The summed E-state index contributed by atoms with van der Waals surface area (Å²) in [4.78, 5) is 39.0. The van der Waals surface area contributed by atoms with E-state index in [0.29, 0.717) is 10.7 Å². The van der Waals surface area contributed by atoms with Crippen LogP contribution in [0.3, 0.4) is 0 Å². The number of nitrogens with one attached hydrogen (secondary N) is 1. The van der Waals surface area contributed by atoms with Crippen LogP contribution >= 0.6 is 27.7 Å². The fourth-order valence-electron chi connectivity index (χ4n) is 3.43. The molecule has 6 nitrogen and oxygen atoms in total. The number of carbonyl (C=O) groups is 3. The van der Waals surface area contributed by atoms with Gasteiger partial charge in [-0.2, -0.15) is 0 Å². The molecule has 1 heterocycles. The smallest absolute Gasteiger partial charge is 0.293 e. The Morgan fingerprint density at radius 1 is 1.03 bits per heavy atom. The van der Waals surface area contributed by atoms with Gasteiger partial charge in [-0.1, -0.05) is 52.3 Å². The number of hydrogen-bond acceptors (Lipinski definition) is 5. The summed E-state index contributed by atoms with van der Waals surface area (Å²) >= 11 is 4.30. The van der Waals surface area contributed by atoms with Crippen LogP contribution in [0.15, 0.2) is 76.1 Å². The van der Waals surface area contributed by atoms with Crippen LogP contribution in [-0.4, -0.2) is 28.6 Å². The molecule has 0 atom stereocenters. The quantitative estimate of drug-likeness (QED) is 0.348. The van der Waals surface area contributed by atoms with E-state index < -0.39 is 0 Å². The number of benzene rings is 3. The second kappa shape index (κ2) is 10.9. The number of thioether (sulfide) groups is 1. The number of anilines is 1. The molecule has 1 fully saturated rings. The van der Waals surface area contributed by atoms with Crippen molar-refractivity contribution in [2.75, 3.05) is 11.9 Å². The summed E-state index contributed by atoms with van der Waals surface area (Å²) in [5, 5.41) is 2.57. The van der Waals surface area contributed by atoms with Crippen molar-refractivity contribution in [3.63, 3.8) is 0 Å². The van der Waals surface area contributed by atoms with Gasteiger partial charge < -0.3 is 10.1 Å². The molecule has 0 radical (unpaired) electrons. The Labute approximate surface area is 216 Å². The number of amides is 3. The number of hydrogen-bond donors (Lipinski definition) is 1. The first-order chi connectivity index (χ1) is 16.8. The Bertz CT molecular complexity index is 1300. The van der Waals surface area contributed by atoms with Crippen molar-refractivity contribution in [3.05, 3.63) is 98.4 Å². The summed E-state index contributed by atoms with van der Waals surface area (Å²) < 4.78 is 6.53. The highest BCUT2D eigenvalue weighted by Gasteiger charge is 2.34. The molecule has 3 aromatic rings. The van der Waals surface area contributed by atoms with Crippen molar-refractivity contribution in [1.82, 2.24) is 4.90 Å². The number of ether oxygens (including phenoxy) is 1. The largest absolute Gasteiger partial charge is 0.484 e. The first-order valence-electron chi connectivity index (χ1n) is 10.9. The molecule has 0 bridgehead atoms. The molecule has 0 aliphatic carbocycles. The van der Waals surface area contributed by atoms with E-state index in [1.165, 1.54) is 4.90 Å². The summed E-state index contributed by atoms with van der Waals surface area (Å²) in [7, 11) is 0. The standard InChI is InChI=1S/C27H23BrN2O4S/c1-17-3-4-18(2)23(13-17)29-25(31)16-34-22-11-7-19(8-12-22)14-24-26(32)30(27(33)35-24)15-20-5-9-21(28)10-6-20/h3-14H,15-16H2,1-2H3,(H,29,31)/b24-14-. The van der Waals surface area contributed by atoms with Crippen LogP contribution in [0.5, 0.6) is 5.75 Å². The van der Waals surface area contributed by atoms with Crippen molar-refractivity contribution >= 4 is 56.5 Å². The van der Waals surface area contributed by atoms with Crippen LogP contribution in [0.2, 0.25) is 0 Å². The monoisotopic (exact) mass is 550 g/mol.